The van der Waals surface area contributed by atoms with Crippen LogP contribution >= 0.6 is 0 Å². The van der Waals surface area contributed by atoms with Gasteiger partial charge < -0.3 is 4.84 Å². The minimum Gasteiger partial charge on any atom is -0.370 e. The number of hydrogen-bond acceptors (Lipinski definition) is 3. The number of carbonyl (C=O) groups is 1. The molecule has 0 aliphatic heterocycles. The molecule has 0 unspecified atom stereocenters. The molecule has 0 saturated carbocycles. The minimum atomic E-state index is -0.525. The molecule has 19 heavy (non-hydrogen) atoms. The van der Waals surface area contributed by atoms with E-state index in [1.807, 2.05) is 60.7 Å². The summed E-state index contributed by atoms with van der Waals surface area (Å²) in [5.74, 6) is 4.46. The Bertz CT molecular complexity index is 547. The van der Waals surface area contributed by atoms with Gasteiger partial charge in [0.2, 0.25) is 0 Å². The third-order valence-corrected chi connectivity index (χ3v) is 2.91. The zero-order chi connectivity index (χ0) is 13.7. The Balaban J connectivity index is 2.62. The van der Waals surface area contributed by atoms with Gasteiger partial charge in [-0.15, -0.1) is 0 Å². The molecule has 0 heterocycles. The second kappa shape index (κ2) is 5.98. The van der Waals surface area contributed by atoms with Gasteiger partial charge in [0, 0.05) is 5.57 Å². The maximum Gasteiger partial charge on any atom is 0.352 e. The monoisotopic (exact) mass is 253 g/mol. The van der Waals surface area contributed by atoms with Gasteiger partial charge in [-0.1, -0.05) is 60.7 Å². The topological polar surface area (TPSA) is 52.3 Å². The van der Waals surface area contributed by atoms with Crippen LogP contribution in [0.4, 0.5) is 0 Å². The summed E-state index contributed by atoms with van der Waals surface area (Å²) in [6, 6.07) is 19.4. The van der Waals surface area contributed by atoms with Gasteiger partial charge in [-0.05, 0) is 23.6 Å². The van der Waals surface area contributed by atoms with Crippen LogP contribution in [0.15, 0.2) is 66.2 Å². The summed E-state index contributed by atoms with van der Waals surface area (Å²) in [7, 11) is 0. The third-order valence-electron chi connectivity index (χ3n) is 2.91. The molecule has 0 aromatic heterocycles. The molecule has 96 valence electrons. The molecule has 0 bridgehead atoms. The van der Waals surface area contributed by atoms with E-state index in [9.17, 15) is 4.79 Å². The van der Waals surface area contributed by atoms with Crippen LogP contribution in [-0.2, 0) is 9.63 Å². The largest absolute Gasteiger partial charge is 0.370 e. The number of hydrogen-bond donors (Lipinski definition) is 1. The summed E-state index contributed by atoms with van der Waals surface area (Å²) >= 11 is 0. The first kappa shape index (κ1) is 13.1. The molecule has 0 spiro atoms. The van der Waals surface area contributed by atoms with Crippen molar-refractivity contribution in [2.75, 3.05) is 0 Å². The predicted molar refractivity (Wildman–Crippen MR) is 74.9 cm³/mol. The number of benzene rings is 2. The SMILES string of the molecule is CC(C(=O)ON)=C(c1ccccc1)c1ccccc1. The van der Waals surface area contributed by atoms with Crippen LogP contribution in [0.3, 0.4) is 0 Å². The van der Waals surface area contributed by atoms with Crippen LogP contribution in [0.2, 0.25) is 0 Å². The minimum absolute atomic E-state index is 0.486. The van der Waals surface area contributed by atoms with E-state index < -0.39 is 5.97 Å². The Morgan fingerprint density at radius 2 is 1.32 bits per heavy atom. The fraction of sp³-hybridized carbons (Fsp3) is 0.0625. The summed E-state index contributed by atoms with van der Waals surface area (Å²) in [6.07, 6.45) is 0. The Labute approximate surface area is 112 Å². The van der Waals surface area contributed by atoms with Gasteiger partial charge in [-0.2, -0.15) is 5.90 Å². The second-order valence-electron chi connectivity index (χ2n) is 4.14. The second-order valence-corrected chi connectivity index (χ2v) is 4.14. The molecule has 3 heteroatoms. The van der Waals surface area contributed by atoms with Gasteiger partial charge in [0.1, 0.15) is 0 Å². The first-order valence-corrected chi connectivity index (χ1v) is 5.97. The lowest BCUT2D eigenvalue weighted by Gasteiger charge is -2.11. The lowest BCUT2D eigenvalue weighted by Crippen LogP contribution is -2.12. The highest BCUT2D eigenvalue weighted by Gasteiger charge is 2.14. The maximum absolute atomic E-state index is 11.7. The van der Waals surface area contributed by atoms with Gasteiger partial charge in [0.05, 0.1) is 0 Å². The Morgan fingerprint density at radius 1 is 0.895 bits per heavy atom. The lowest BCUT2D eigenvalue weighted by molar-refractivity contribution is -0.139. The fourth-order valence-corrected chi connectivity index (χ4v) is 2.00. The van der Waals surface area contributed by atoms with Crippen molar-refractivity contribution in [2.45, 2.75) is 6.92 Å². The highest BCUT2D eigenvalue weighted by molar-refractivity contribution is 6.01. The highest BCUT2D eigenvalue weighted by Crippen LogP contribution is 2.27. The van der Waals surface area contributed by atoms with E-state index >= 15 is 0 Å². The van der Waals surface area contributed by atoms with Crippen molar-refractivity contribution >= 4 is 11.5 Å². The first-order chi connectivity index (χ1) is 9.24. The van der Waals surface area contributed by atoms with E-state index in [-0.39, 0.29) is 0 Å². The quantitative estimate of drug-likeness (QED) is 0.676. The fourth-order valence-electron chi connectivity index (χ4n) is 2.00. The molecule has 2 N–H and O–H groups in total. The zero-order valence-corrected chi connectivity index (χ0v) is 10.7. The van der Waals surface area contributed by atoms with Crippen molar-refractivity contribution in [2.24, 2.45) is 5.90 Å². The maximum atomic E-state index is 11.7. The molecular weight excluding hydrogens is 238 g/mol. The van der Waals surface area contributed by atoms with Crippen molar-refractivity contribution in [1.29, 1.82) is 0 Å². The molecule has 2 aromatic carbocycles. The van der Waals surface area contributed by atoms with Crippen molar-refractivity contribution in [3.63, 3.8) is 0 Å². The predicted octanol–water partition coefficient (Wildman–Crippen LogP) is 2.93. The van der Waals surface area contributed by atoms with E-state index in [2.05, 4.69) is 4.84 Å². The van der Waals surface area contributed by atoms with Gasteiger partial charge >= 0.3 is 5.97 Å². The summed E-state index contributed by atoms with van der Waals surface area (Å²) in [5.41, 5.74) is 3.23. The smallest absolute Gasteiger partial charge is 0.352 e. The van der Waals surface area contributed by atoms with Crippen molar-refractivity contribution in [1.82, 2.24) is 0 Å². The summed E-state index contributed by atoms with van der Waals surface area (Å²) < 4.78 is 0. The lowest BCUT2D eigenvalue weighted by atomic mass is 9.94. The molecule has 0 amide bonds. The van der Waals surface area contributed by atoms with Crippen LogP contribution in [-0.4, -0.2) is 5.97 Å². The molecular formula is C16H15NO2. The molecule has 2 aromatic rings. The molecule has 0 aliphatic carbocycles. The van der Waals surface area contributed by atoms with E-state index in [0.29, 0.717) is 5.57 Å². The molecule has 0 saturated heterocycles. The van der Waals surface area contributed by atoms with Gasteiger partial charge in [-0.25, -0.2) is 4.79 Å². The van der Waals surface area contributed by atoms with Crippen molar-refractivity contribution in [3.05, 3.63) is 77.4 Å². The third kappa shape index (κ3) is 2.89. The molecule has 3 nitrogen and oxygen atoms in total. The normalized spacial score (nSPS) is 9.79. The van der Waals surface area contributed by atoms with Gasteiger partial charge in [-0.3, -0.25) is 0 Å². The highest BCUT2D eigenvalue weighted by atomic mass is 16.7. The van der Waals surface area contributed by atoms with E-state index in [1.165, 1.54) is 0 Å². The summed E-state index contributed by atoms with van der Waals surface area (Å²) in [6.45, 7) is 1.71. The van der Waals surface area contributed by atoms with Crippen LogP contribution in [0.1, 0.15) is 18.1 Å². The average Bonchev–Trinajstić information content (AvgIpc) is 2.49. The van der Waals surface area contributed by atoms with E-state index in [4.69, 9.17) is 5.90 Å². The van der Waals surface area contributed by atoms with Crippen molar-refractivity contribution < 1.29 is 9.63 Å². The first-order valence-electron chi connectivity index (χ1n) is 5.97. The van der Waals surface area contributed by atoms with E-state index in [1.54, 1.807) is 6.92 Å². The summed E-state index contributed by atoms with van der Waals surface area (Å²) in [4.78, 5) is 16.0. The van der Waals surface area contributed by atoms with Gasteiger partial charge in [0.25, 0.3) is 0 Å². The average molecular weight is 253 g/mol. The Kier molecular flexibility index (Phi) is 4.11. The Morgan fingerprint density at radius 3 is 1.68 bits per heavy atom. The summed E-state index contributed by atoms with van der Waals surface area (Å²) in [5, 5.41) is 0. The van der Waals surface area contributed by atoms with Crippen LogP contribution in [0, 0.1) is 0 Å². The molecule has 0 fully saturated rings. The van der Waals surface area contributed by atoms with E-state index in [0.717, 1.165) is 16.7 Å². The molecule has 0 atom stereocenters. The number of carbonyl (C=O) groups excluding carboxylic acids is 1. The molecule has 2 rings (SSSR count). The van der Waals surface area contributed by atoms with Crippen molar-refractivity contribution in [3.8, 4) is 0 Å². The molecule has 0 radical (unpaired) electrons. The van der Waals surface area contributed by atoms with Crippen LogP contribution in [0.25, 0.3) is 5.57 Å². The number of nitrogens with two attached hydrogens (primary N) is 1. The van der Waals surface area contributed by atoms with Gasteiger partial charge in [0.15, 0.2) is 0 Å². The molecule has 0 aliphatic rings. The van der Waals surface area contributed by atoms with Crippen LogP contribution < -0.4 is 5.90 Å². The number of rotatable bonds is 3. The zero-order valence-electron chi connectivity index (χ0n) is 10.7. The standard InChI is InChI=1S/C16H15NO2/c1-12(16(18)19-17)15(13-8-4-2-5-9-13)14-10-6-3-7-11-14/h2-11H,17H2,1H3. The Hall–Kier alpha value is -2.39. The van der Waals surface area contributed by atoms with Crippen LogP contribution in [0.5, 0.6) is 0 Å².